The van der Waals surface area contributed by atoms with E-state index in [4.69, 9.17) is 10.5 Å². The number of benzene rings is 1. The highest BCUT2D eigenvalue weighted by molar-refractivity contribution is 5.96. The minimum absolute atomic E-state index is 0.0869. The summed E-state index contributed by atoms with van der Waals surface area (Å²) in [6.07, 6.45) is 0.205. The van der Waals surface area contributed by atoms with Gasteiger partial charge in [0, 0.05) is 25.2 Å². The van der Waals surface area contributed by atoms with Crippen molar-refractivity contribution in [1.82, 2.24) is 5.32 Å². The third-order valence-corrected chi connectivity index (χ3v) is 3.21. The maximum absolute atomic E-state index is 11.7. The van der Waals surface area contributed by atoms with Crippen LogP contribution in [0.5, 0.6) is 0 Å². The Labute approximate surface area is 113 Å². The Hall–Kier alpha value is -1.75. The van der Waals surface area contributed by atoms with Gasteiger partial charge in [0.15, 0.2) is 0 Å². The predicted molar refractivity (Wildman–Crippen MR) is 76.5 cm³/mol. The van der Waals surface area contributed by atoms with E-state index in [-0.39, 0.29) is 12.0 Å². The number of carbonyl (C=O) groups excluding carboxylic acids is 1. The number of nitrogens with one attached hydrogen (secondary N) is 1. The van der Waals surface area contributed by atoms with Gasteiger partial charge in [-0.25, -0.2) is 0 Å². The van der Waals surface area contributed by atoms with E-state index >= 15 is 0 Å². The molecule has 2 rings (SSSR count). The normalized spacial score (nSPS) is 19.3. The van der Waals surface area contributed by atoms with Gasteiger partial charge < -0.3 is 20.7 Å². The highest BCUT2D eigenvalue weighted by Crippen LogP contribution is 2.26. The first-order valence-electron chi connectivity index (χ1n) is 6.66. The summed E-state index contributed by atoms with van der Waals surface area (Å²) in [5.74, 6) is -0.0869. The Bertz CT molecular complexity index is 462. The van der Waals surface area contributed by atoms with Crippen LogP contribution in [0.1, 0.15) is 24.2 Å². The number of hydrogen-bond donors (Lipinski definition) is 2. The molecule has 3 N–H and O–H groups in total. The lowest BCUT2D eigenvalue weighted by Gasteiger charge is -2.33. The van der Waals surface area contributed by atoms with Gasteiger partial charge in [-0.05, 0) is 32.0 Å². The summed E-state index contributed by atoms with van der Waals surface area (Å²) in [5, 5.41) is 2.77. The van der Waals surface area contributed by atoms with Crippen LogP contribution >= 0.6 is 0 Å². The first-order chi connectivity index (χ1) is 9.11. The number of nitrogens with zero attached hydrogens (tertiary/aromatic N) is 1. The van der Waals surface area contributed by atoms with Crippen molar-refractivity contribution in [1.29, 1.82) is 0 Å². The van der Waals surface area contributed by atoms with Crippen LogP contribution in [0.15, 0.2) is 18.2 Å². The molecule has 1 saturated heterocycles. The summed E-state index contributed by atoms with van der Waals surface area (Å²) in [7, 11) is 0. The molecule has 1 fully saturated rings. The summed E-state index contributed by atoms with van der Waals surface area (Å²) >= 11 is 0. The van der Waals surface area contributed by atoms with Crippen molar-refractivity contribution in [2.75, 3.05) is 36.9 Å². The van der Waals surface area contributed by atoms with Crippen LogP contribution in [-0.2, 0) is 4.74 Å². The van der Waals surface area contributed by atoms with E-state index in [1.807, 2.05) is 26.0 Å². The van der Waals surface area contributed by atoms with Crippen molar-refractivity contribution in [3.05, 3.63) is 23.8 Å². The van der Waals surface area contributed by atoms with Crippen molar-refractivity contribution in [3.8, 4) is 0 Å². The Morgan fingerprint density at radius 1 is 1.58 bits per heavy atom. The number of nitrogens with two attached hydrogens (primary N) is 1. The van der Waals surface area contributed by atoms with Crippen LogP contribution in [0, 0.1) is 0 Å². The quantitative estimate of drug-likeness (QED) is 0.805. The zero-order valence-electron chi connectivity index (χ0n) is 11.5. The minimum Gasteiger partial charge on any atom is -0.397 e. The largest absolute Gasteiger partial charge is 0.397 e. The molecule has 1 aliphatic rings. The number of amides is 1. The third-order valence-electron chi connectivity index (χ3n) is 3.21. The molecule has 0 bridgehead atoms. The van der Waals surface area contributed by atoms with E-state index in [1.54, 1.807) is 6.07 Å². The van der Waals surface area contributed by atoms with Crippen LogP contribution in [0.2, 0.25) is 0 Å². The molecule has 5 nitrogen and oxygen atoms in total. The van der Waals surface area contributed by atoms with Crippen molar-refractivity contribution in [2.45, 2.75) is 20.0 Å². The van der Waals surface area contributed by atoms with Crippen LogP contribution in [-0.4, -0.2) is 38.3 Å². The fourth-order valence-corrected chi connectivity index (χ4v) is 2.28. The Balaban J connectivity index is 2.17. The van der Waals surface area contributed by atoms with Crippen molar-refractivity contribution in [3.63, 3.8) is 0 Å². The number of rotatable bonds is 3. The van der Waals surface area contributed by atoms with Gasteiger partial charge in [-0.2, -0.15) is 0 Å². The van der Waals surface area contributed by atoms with Crippen LogP contribution in [0.3, 0.4) is 0 Å². The molecule has 1 aromatic rings. The first-order valence-corrected chi connectivity index (χ1v) is 6.66. The molecule has 1 aliphatic heterocycles. The topological polar surface area (TPSA) is 67.6 Å². The van der Waals surface area contributed by atoms with Gasteiger partial charge in [-0.1, -0.05) is 0 Å². The standard InChI is InChI=1S/C14H21N3O2/c1-3-16-14(18)11-4-5-13(12(15)8-11)17-6-7-19-10(2)9-17/h4-5,8,10H,3,6-7,9,15H2,1-2H3,(H,16,18). The molecule has 1 heterocycles. The summed E-state index contributed by atoms with van der Waals surface area (Å²) in [6.45, 7) is 6.91. The highest BCUT2D eigenvalue weighted by Gasteiger charge is 2.19. The lowest BCUT2D eigenvalue weighted by Crippen LogP contribution is -2.41. The summed E-state index contributed by atoms with van der Waals surface area (Å²) in [5.41, 5.74) is 8.28. The molecule has 5 heteroatoms. The van der Waals surface area contributed by atoms with E-state index in [9.17, 15) is 4.79 Å². The summed E-state index contributed by atoms with van der Waals surface area (Å²) in [6, 6.07) is 5.47. The monoisotopic (exact) mass is 263 g/mol. The number of nitrogen functional groups attached to an aromatic ring is 1. The van der Waals surface area contributed by atoms with Gasteiger partial charge in [0.1, 0.15) is 0 Å². The highest BCUT2D eigenvalue weighted by atomic mass is 16.5. The van der Waals surface area contributed by atoms with Crippen molar-refractivity contribution in [2.24, 2.45) is 0 Å². The average molecular weight is 263 g/mol. The fourth-order valence-electron chi connectivity index (χ4n) is 2.28. The van der Waals surface area contributed by atoms with Crippen LogP contribution < -0.4 is 16.0 Å². The molecular formula is C14H21N3O2. The number of ether oxygens (including phenoxy) is 1. The first kappa shape index (κ1) is 13.7. The Morgan fingerprint density at radius 3 is 3.00 bits per heavy atom. The van der Waals surface area contributed by atoms with E-state index in [2.05, 4.69) is 10.2 Å². The van der Waals surface area contributed by atoms with E-state index in [0.717, 1.165) is 18.8 Å². The van der Waals surface area contributed by atoms with E-state index in [1.165, 1.54) is 0 Å². The SMILES string of the molecule is CCNC(=O)c1ccc(N2CCOC(C)C2)c(N)c1. The van der Waals surface area contributed by atoms with E-state index < -0.39 is 0 Å². The smallest absolute Gasteiger partial charge is 0.251 e. The molecule has 1 unspecified atom stereocenters. The lowest BCUT2D eigenvalue weighted by atomic mass is 10.1. The van der Waals surface area contributed by atoms with Crippen molar-refractivity contribution >= 4 is 17.3 Å². The second-order valence-electron chi connectivity index (χ2n) is 4.76. The van der Waals surface area contributed by atoms with E-state index in [0.29, 0.717) is 24.4 Å². The number of carbonyl (C=O) groups is 1. The van der Waals surface area contributed by atoms with Crippen molar-refractivity contribution < 1.29 is 9.53 Å². The molecule has 1 amide bonds. The molecule has 0 aromatic heterocycles. The third kappa shape index (κ3) is 3.17. The Kier molecular flexibility index (Phi) is 4.27. The molecular weight excluding hydrogens is 242 g/mol. The zero-order valence-corrected chi connectivity index (χ0v) is 11.5. The molecule has 0 aliphatic carbocycles. The molecule has 0 saturated carbocycles. The van der Waals surface area contributed by atoms with Gasteiger partial charge in [-0.3, -0.25) is 4.79 Å². The van der Waals surface area contributed by atoms with Gasteiger partial charge in [0.05, 0.1) is 24.1 Å². The predicted octanol–water partition coefficient (Wildman–Crippen LogP) is 1.24. The van der Waals surface area contributed by atoms with Gasteiger partial charge in [0.25, 0.3) is 5.91 Å². The number of hydrogen-bond acceptors (Lipinski definition) is 4. The summed E-state index contributed by atoms with van der Waals surface area (Å²) < 4.78 is 5.52. The number of morpholine rings is 1. The van der Waals surface area contributed by atoms with Gasteiger partial charge in [-0.15, -0.1) is 0 Å². The average Bonchev–Trinajstić information content (AvgIpc) is 2.38. The molecule has 1 aromatic carbocycles. The maximum Gasteiger partial charge on any atom is 0.251 e. The second kappa shape index (κ2) is 5.93. The fraction of sp³-hybridized carbons (Fsp3) is 0.500. The molecule has 0 radical (unpaired) electrons. The second-order valence-corrected chi connectivity index (χ2v) is 4.76. The van der Waals surface area contributed by atoms with Crippen LogP contribution in [0.25, 0.3) is 0 Å². The number of anilines is 2. The van der Waals surface area contributed by atoms with Gasteiger partial charge in [0.2, 0.25) is 0 Å². The molecule has 19 heavy (non-hydrogen) atoms. The zero-order chi connectivity index (χ0) is 13.8. The lowest BCUT2D eigenvalue weighted by molar-refractivity contribution is 0.0533. The maximum atomic E-state index is 11.7. The minimum atomic E-state index is -0.0869. The Morgan fingerprint density at radius 2 is 2.37 bits per heavy atom. The molecule has 0 spiro atoms. The molecule has 1 atom stereocenters. The summed E-state index contributed by atoms with van der Waals surface area (Å²) in [4.78, 5) is 13.9. The van der Waals surface area contributed by atoms with Gasteiger partial charge >= 0.3 is 0 Å². The van der Waals surface area contributed by atoms with Crippen LogP contribution in [0.4, 0.5) is 11.4 Å². The molecule has 104 valence electrons.